The van der Waals surface area contributed by atoms with Gasteiger partial charge in [-0.15, -0.1) is 0 Å². The molecule has 0 aliphatic heterocycles. The van der Waals surface area contributed by atoms with Gasteiger partial charge in [-0.1, -0.05) is 69.4 Å². The molecule has 1 atom stereocenters. The van der Waals surface area contributed by atoms with E-state index in [4.69, 9.17) is 0 Å². The van der Waals surface area contributed by atoms with Crippen LogP contribution in [0.15, 0.2) is 30.3 Å². The Morgan fingerprint density at radius 1 is 1.11 bits per heavy atom. The number of aliphatic hydroxyl groups excluding tert-OH is 1. The number of hydrogen-bond acceptors (Lipinski definition) is 1. The number of aliphatic hydroxyl groups is 1. The maximum Gasteiger partial charge on any atom is 0.0636 e. The molecule has 2 rings (SSSR count). The molecule has 0 spiro atoms. The van der Waals surface area contributed by atoms with Crippen LogP contribution in [0.25, 0.3) is 0 Å². The summed E-state index contributed by atoms with van der Waals surface area (Å²) < 4.78 is 0. The molecular weight excluding hydrogens is 220 g/mol. The number of unbranched alkanes of at least 4 members (excludes halogenated alkanes) is 3. The zero-order valence-electron chi connectivity index (χ0n) is 11.6. The van der Waals surface area contributed by atoms with E-state index < -0.39 is 0 Å². The summed E-state index contributed by atoms with van der Waals surface area (Å²) in [5.74, 6) is 0. The highest BCUT2D eigenvalue weighted by atomic mass is 16.3. The summed E-state index contributed by atoms with van der Waals surface area (Å²) >= 11 is 0. The highest BCUT2D eigenvalue weighted by Gasteiger charge is 2.44. The topological polar surface area (TPSA) is 20.2 Å². The average Bonchev–Trinajstić information content (AvgIpc) is 2.35. The van der Waals surface area contributed by atoms with Crippen molar-refractivity contribution >= 4 is 0 Å². The van der Waals surface area contributed by atoms with Gasteiger partial charge < -0.3 is 5.11 Å². The summed E-state index contributed by atoms with van der Waals surface area (Å²) in [4.78, 5) is 0. The fraction of sp³-hybridized carbons (Fsp3) is 0.647. The zero-order chi connectivity index (χ0) is 12.8. The lowest BCUT2D eigenvalue weighted by atomic mass is 9.60. The molecule has 1 N–H and O–H groups in total. The van der Waals surface area contributed by atoms with Gasteiger partial charge in [0.15, 0.2) is 0 Å². The third-order valence-electron chi connectivity index (χ3n) is 4.56. The normalized spacial score (nSPS) is 19.2. The fourth-order valence-corrected chi connectivity index (χ4v) is 3.18. The van der Waals surface area contributed by atoms with Crippen LogP contribution >= 0.6 is 0 Å². The van der Waals surface area contributed by atoms with Crippen LogP contribution in [-0.4, -0.2) is 11.2 Å². The van der Waals surface area contributed by atoms with Crippen LogP contribution in [0.4, 0.5) is 0 Å². The Morgan fingerprint density at radius 2 is 1.83 bits per heavy atom. The van der Waals surface area contributed by atoms with Crippen LogP contribution in [-0.2, 0) is 5.41 Å². The van der Waals surface area contributed by atoms with Crippen LogP contribution < -0.4 is 0 Å². The third kappa shape index (κ3) is 2.77. The van der Waals surface area contributed by atoms with Gasteiger partial charge in [0.1, 0.15) is 0 Å². The smallest absolute Gasteiger partial charge is 0.0636 e. The quantitative estimate of drug-likeness (QED) is 0.705. The molecule has 0 saturated heterocycles. The fourth-order valence-electron chi connectivity index (χ4n) is 3.18. The SMILES string of the molecule is CCCCCCC(O)C1(c2ccccc2)CCC1. The van der Waals surface area contributed by atoms with Crippen LogP contribution in [0.3, 0.4) is 0 Å². The van der Waals surface area contributed by atoms with Crippen molar-refractivity contribution in [2.75, 3.05) is 0 Å². The second kappa shape index (κ2) is 6.38. The Morgan fingerprint density at radius 3 is 2.39 bits per heavy atom. The lowest BCUT2D eigenvalue weighted by Crippen LogP contribution is -2.45. The highest BCUT2D eigenvalue weighted by Crippen LogP contribution is 2.47. The van der Waals surface area contributed by atoms with E-state index >= 15 is 0 Å². The van der Waals surface area contributed by atoms with Crippen LogP contribution in [0, 0.1) is 0 Å². The van der Waals surface area contributed by atoms with Crippen molar-refractivity contribution in [2.24, 2.45) is 0 Å². The molecule has 0 bridgehead atoms. The van der Waals surface area contributed by atoms with E-state index in [0.717, 1.165) is 19.3 Å². The second-order valence-electron chi connectivity index (χ2n) is 5.74. The summed E-state index contributed by atoms with van der Waals surface area (Å²) in [7, 11) is 0. The van der Waals surface area contributed by atoms with E-state index in [2.05, 4.69) is 37.3 Å². The summed E-state index contributed by atoms with van der Waals surface area (Å²) in [5.41, 5.74) is 1.42. The van der Waals surface area contributed by atoms with E-state index in [0.29, 0.717) is 0 Å². The summed E-state index contributed by atoms with van der Waals surface area (Å²) in [6.07, 6.45) is 9.39. The predicted molar refractivity (Wildman–Crippen MR) is 76.7 cm³/mol. The first kappa shape index (κ1) is 13.6. The first-order valence-corrected chi connectivity index (χ1v) is 7.53. The Hall–Kier alpha value is -0.820. The van der Waals surface area contributed by atoms with Gasteiger partial charge >= 0.3 is 0 Å². The molecule has 0 aromatic heterocycles. The van der Waals surface area contributed by atoms with Gasteiger partial charge in [-0.3, -0.25) is 0 Å². The standard InChI is InChI=1S/C17H26O/c1-2-3-4-8-12-16(18)17(13-9-14-17)15-10-6-5-7-11-15/h5-7,10-11,16,18H,2-4,8-9,12-14H2,1H3. The molecule has 1 aliphatic carbocycles. The van der Waals surface area contributed by atoms with Crippen molar-refractivity contribution in [2.45, 2.75) is 69.8 Å². The van der Waals surface area contributed by atoms with Crippen LogP contribution in [0.2, 0.25) is 0 Å². The lowest BCUT2D eigenvalue weighted by molar-refractivity contribution is 0.0205. The van der Waals surface area contributed by atoms with Gasteiger partial charge in [-0.05, 0) is 24.8 Å². The number of hydrogen-bond donors (Lipinski definition) is 1. The predicted octanol–water partition coefficient (Wildman–Crippen LogP) is 4.44. The summed E-state index contributed by atoms with van der Waals surface area (Å²) in [6, 6.07) is 10.6. The van der Waals surface area contributed by atoms with Crippen molar-refractivity contribution in [1.82, 2.24) is 0 Å². The molecule has 1 nitrogen and oxygen atoms in total. The first-order chi connectivity index (χ1) is 8.79. The third-order valence-corrected chi connectivity index (χ3v) is 4.56. The minimum atomic E-state index is -0.148. The van der Waals surface area contributed by atoms with E-state index in [9.17, 15) is 5.11 Å². The molecule has 1 saturated carbocycles. The van der Waals surface area contributed by atoms with E-state index in [1.165, 1.54) is 37.7 Å². The molecule has 1 aliphatic rings. The van der Waals surface area contributed by atoms with Gasteiger partial charge in [0.05, 0.1) is 6.10 Å². The molecule has 1 unspecified atom stereocenters. The van der Waals surface area contributed by atoms with Crippen molar-refractivity contribution < 1.29 is 5.11 Å². The summed E-state index contributed by atoms with van der Waals surface area (Å²) in [6.45, 7) is 2.23. The molecule has 1 aromatic carbocycles. The second-order valence-corrected chi connectivity index (χ2v) is 5.74. The molecule has 100 valence electrons. The monoisotopic (exact) mass is 246 g/mol. The Kier molecular flexibility index (Phi) is 4.82. The molecule has 1 heteroatoms. The average molecular weight is 246 g/mol. The maximum absolute atomic E-state index is 10.6. The van der Waals surface area contributed by atoms with E-state index in [1.807, 2.05) is 0 Å². The zero-order valence-corrected chi connectivity index (χ0v) is 11.6. The van der Waals surface area contributed by atoms with Crippen molar-refractivity contribution in [1.29, 1.82) is 0 Å². The molecule has 18 heavy (non-hydrogen) atoms. The highest BCUT2D eigenvalue weighted by molar-refractivity contribution is 5.29. The minimum absolute atomic E-state index is 0.0769. The molecule has 1 aromatic rings. The molecule has 0 amide bonds. The van der Waals surface area contributed by atoms with Crippen LogP contribution in [0.1, 0.15) is 63.9 Å². The number of rotatable bonds is 7. The molecule has 0 radical (unpaired) electrons. The Labute approximate surface area is 111 Å². The van der Waals surface area contributed by atoms with Gasteiger partial charge in [-0.25, -0.2) is 0 Å². The molecule has 0 heterocycles. The maximum atomic E-state index is 10.6. The van der Waals surface area contributed by atoms with E-state index in [-0.39, 0.29) is 11.5 Å². The van der Waals surface area contributed by atoms with E-state index in [1.54, 1.807) is 0 Å². The van der Waals surface area contributed by atoms with Gasteiger partial charge in [0.2, 0.25) is 0 Å². The first-order valence-electron chi connectivity index (χ1n) is 7.53. The summed E-state index contributed by atoms with van der Waals surface area (Å²) in [5, 5.41) is 10.6. The molecule has 1 fully saturated rings. The van der Waals surface area contributed by atoms with Crippen molar-refractivity contribution in [3.63, 3.8) is 0 Å². The van der Waals surface area contributed by atoms with Gasteiger partial charge in [0, 0.05) is 5.41 Å². The van der Waals surface area contributed by atoms with Crippen molar-refractivity contribution in [3.8, 4) is 0 Å². The van der Waals surface area contributed by atoms with Gasteiger partial charge in [-0.2, -0.15) is 0 Å². The Balaban J connectivity index is 1.95. The van der Waals surface area contributed by atoms with Crippen molar-refractivity contribution in [3.05, 3.63) is 35.9 Å². The minimum Gasteiger partial charge on any atom is -0.392 e. The van der Waals surface area contributed by atoms with Gasteiger partial charge in [0.25, 0.3) is 0 Å². The van der Waals surface area contributed by atoms with Crippen LogP contribution in [0.5, 0.6) is 0 Å². The number of benzene rings is 1. The lowest BCUT2D eigenvalue weighted by Gasteiger charge is -2.46. The molecular formula is C17H26O. The Bertz CT molecular complexity index is 340. The largest absolute Gasteiger partial charge is 0.392 e.